The molecule has 0 unspecified atom stereocenters. The van der Waals surface area contributed by atoms with Gasteiger partial charge >= 0.3 is 6.09 Å². The van der Waals surface area contributed by atoms with Crippen molar-refractivity contribution in [1.29, 1.82) is 0 Å². The first kappa shape index (κ1) is 19.3. The van der Waals surface area contributed by atoms with E-state index in [0.717, 1.165) is 4.90 Å². The average Bonchev–Trinajstić information content (AvgIpc) is 2.29. The van der Waals surface area contributed by atoms with E-state index in [-0.39, 0.29) is 12.3 Å². The van der Waals surface area contributed by atoms with Gasteiger partial charge in [0.25, 0.3) is 5.91 Å². The maximum Gasteiger partial charge on any atom is 0.408 e. The molecule has 116 valence electrons. The van der Waals surface area contributed by atoms with Crippen molar-refractivity contribution in [3.8, 4) is 0 Å². The summed E-state index contributed by atoms with van der Waals surface area (Å²) in [6.07, 6.45) is -0.752. The van der Waals surface area contributed by atoms with Crippen LogP contribution in [-0.4, -0.2) is 52.1 Å². The van der Waals surface area contributed by atoms with Gasteiger partial charge in [0.05, 0.1) is 0 Å². The quantitative estimate of drug-likeness (QED) is 0.586. The van der Waals surface area contributed by atoms with Crippen molar-refractivity contribution in [1.82, 2.24) is 10.2 Å². The molecule has 0 fully saturated rings. The SMILES string of the molecule is CC(C)(C)OC(=O)NCC(=O)N(CCS)C(=O)C(Cl)Cl. The van der Waals surface area contributed by atoms with Gasteiger partial charge in [0.15, 0.2) is 4.84 Å². The van der Waals surface area contributed by atoms with Gasteiger partial charge in [-0.1, -0.05) is 23.2 Å². The number of imide groups is 1. The molecule has 9 heteroatoms. The van der Waals surface area contributed by atoms with Crippen molar-refractivity contribution >= 4 is 53.7 Å². The summed E-state index contributed by atoms with van der Waals surface area (Å²) in [7, 11) is 0. The van der Waals surface area contributed by atoms with E-state index in [4.69, 9.17) is 27.9 Å². The van der Waals surface area contributed by atoms with Gasteiger partial charge < -0.3 is 10.1 Å². The minimum absolute atomic E-state index is 0.0483. The molecule has 0 aliphatic heterocycles. The molecule has 0 aliphatic carbocycles. The zero-order chi connectivity index (χ0) is 15.9. The Morgan fingerprint density at radius 3 is 2.25 bits per heavy atom. The van der Waals surface area contributed by atoms with E-state index in [1.165, 1.54) is 0 Å². The first-order chi connectivity index (χ1) is 9.08. The topological polar surface area (TPSA) is 75.7 Å². The summed E-state index contributed by atoms with van der Waals surface area (Å²) >= 11 is 14.8. The van der Waals surface area contributed by atoms with Crippen LogP contribution in [-0.2, 0) is 14.3 Å². The van der Waals surface area contributed by atoms with Gasteiger partial charge in [-0.25, -0.2) is 4.79 Å². The number of hydrogen-bond donors (Lipinski definition) is 2. The fraction of sp³-hybridized carbons (Fsp3) is 0.727. The second-order valence-electron chi connectivity index (χ2n) is 4.76. The Morgan fingerprint density at radius 1 is 1.30 bits per heavy atom. The van der Waals surface area contributed by atoms with Crippen LogP contribution in [0.5, 0.6) is 0 Å². The van der Waals surface area contributed by atoms with Crippen molar-refractivity contribution in [3.05, 3.63) is 0 Å². The highest BCUT2D eigenvalue weighted by Crippen LogP contribution is 2.08. The lowest BCUT2D eigenvalue weighted by atomic mass is 10.2. The molecule has 3 amide bonds. The lowest BCUT2D eigenvalue weighted by Gasteiger charge is -2.22. The fourth-order valence-electron chi connectivity index (χ4n) is 1.13. The molecular formula is C11H18Cl2N2O4S. The number of hydrogen-bond acceptors (Lipinski definition) is 5. The molecule has 0 bridgehead atoms. The van der Waals surface area contributed by atoms with E-state index in [9.17, 15) is 14.4 Å². The maximum atomic E-state index is 11.8. The third-order valence-electron chi connectivity index (χ3n) is 1.86. The molecule has 0 aliphatic rings. The largest absolute Gasteiger partial charge is 0.444 e. The number of alkyl halides is 2. The van der Waals surface area contributed by atoms with Crippen LogP contribution in [0.3, 0.4) is 0 Å². The third-order valence-corrected chi connectivity index (χ3v) is 2.43. The van der Waals surface area contributed by atoms with E-state index in [2.05, 4.69) is 17.9 Å². The molecule has 0 saturated heterocycles. The predicted molar refractivity (Wildman–Crippen MR) is 80.3 cm³/mol. The van der Waals surface area contributed by atoms with E-state index in [1.807, 2.05) is 0 Å². The van der Waals surface area contributed by atoms with Gasteiger partial charge in [-0.2, -0.15) is 12.6 Å². The van der Waals surface area contributed by atoms with Crippen LogP contribution in [0.1, 0.15) is 20.8 Å². The summed E-state index contributed by atoms with van der Waals surface area (Å²) in [5, 5.41) is 2.26. The first-order valence-electron chi connectivity index (χ1n) is 5.78. The molecule has 0 aromatic rings. The number of carbonyl (C=O) groups excluding carboxylic acids is 3. The number of rotatable bonds is 5. The van der Waals surface area contributed by atoms with E-state index in [0.29, 0.717) is 0 Å². The van der Waals surface area contributed by atoms with Gasteiger partial charge in [0.2, 0.25) is 5.91 Å². The minimum atomic E-state index is -1.35. The van der Waals surface area contributed by atoms with Crippen LogP contribution in [0.25, 0.3) is 0 Å². The van der Waals surface area contributed by atoms with Crippen LogP contribution in [0.15, 0.2) is 0 Å². The Morgan fingerprint density at radius 2 is 1.85 bits per heavy atom. The zero-order valence-electron chi connectivity index (χ0n) is 11.5. The third kappa shape index (κ3) is 7.81. The van der Waals surface area contributed by atoms with Gasteiger partial charge in [-0.05, 0) is 20.8 Å². The lowest BCUT2D eigenvalue weighted by molar-refractivity contribution is -0.142. The fourth-order valence-corrected chi connectivity index (χ4v) is 1.57. The number of carbonyl (C=O) groups is 3. The summed E-state index contributed by atoms with van der Waals surface area (Å²) < 4.78 is 4.96. The van der Waals surface area contributed by atoms with E-state index < -0.39 is 34.9 Å². The van der Waals surface area contributed by atoms with Gasteiger partial charge in [-0.3, -0.25) is 14.5 Å². The van der Waals surface area contributed by atoms with Crippen molar-refractivity contribution in [3.63, 3.8) is 0 Å². The van der Waals surface area contributed by atoms with Gasteiger partial charge in [0.1, 0.15) is 12.1 Å². The van der Waals surface area contributed by atoms with Crippen molar-refractivity contribution < 1.29 is 19.1 Å². The van der Waals surface area contributed by atoms with Crippen LogP contribution in [0.2, 0.25) is 0 Å². The standard InChI is InChI=1S/C11H18Cl2N2O4S/c1-11(2,3)19-10(18)14-6-7(16)15(4-5-20)9(17)8(12)13/h8,20H,4-6H2,1-3H3,(H,14,18). The number of alkyl carbamates (subject to hydrolysis) is 1. The highest BCUT2D eigenvalue weighted by Gasteiger charge is 2.26. The number of ether oxygens (including phenoxy) is 1. The molecule has 0 atom stereocenters. The Balaban J connectivity index is 4.48. The second-order valence-corrected chi connectivity index (χ2v) is 6.31. The number of nitrogens with zero attached hydrogens (tertiary/aromatic N) is 1. The second kappa shape index (κ2) is 8.59. The van der Waals surface area contributed by atoms with Crippen molar-refractivity contribution in [2.24, 2.45) is 0 Å². The minimum Gasteiger partial charge on any atom is -0.444 e. The van der Waals surface area contributed by atoms with Gasteiger partial charge in [0, 0.05) is 12.3 Å². The van der Waals surface area contributed by atoms with Crippen LogP contribution < -0.4 is 5.32 Å². The van der Waals surface area contributed by atoms with E-state index >= 15 is 0 Å². The number of halogens is 2. The number of nitrogens with one attached hydrogen (secondary N) is 1. The molecule has 6 nitrogen and oxygen atoms in total. The Kier molecular flexibility index (Phi) is 8.30. The molecular weight excluding hydrogens is 327 g/mol. The molecule has 20 heavy (non-hydrogen) atoms. The smallest absolute Gasteiger partial charge is 0.408 e. The van der Waals surface area contributed by atoms with E-state index in [1.54, 1.807) is 20.8 Å². The predicted octanol–water partition coefficient (Wildman–Crippen LogP) is 1.60. The normalized spacial score (nSPS) is 11.2. The number of amides is 3. The molecule has 0 rings (SSSR count). The molecule has 0 aromatic heterocycles. The van der Waals surface area contributed by atoms with Crippen LogP contribution in [0.4, 0.5) is 4.79 Å². The lowest BCUT2D eigenvalue weighted by Crippen LogP contribution is -2.47. The van der Waals surface area contributed by atoms with Crippen molar-refractivity contribution in [2.75, 3.05) is 18.8 Å². The molecule has 1 N–H and O–H groups in total. The molecule has 0 spiro atoms. The van der Waals surface area contributed by atoms with Crippen molar-refractivity contribution in [2.45, 2.75) is 31.2 Å². The van der Waals surface area contributed by atoms with Crippen LogP contribution in [0, 0.1) is 0 Å². The highest BCUT2D eigenvalue weighted by atomic mass is 35.5. The summed E-state index contributed by atoms with van der Waals surface area (Å²) in [6.45, 7) is 4.73. The average molecular weight is 345 g/mol. The first-order valence-corrected chi connectivity index (χ1v) is 7.29. The Labute approximate surface area is 133 Å². The molecule has 0 saturated carbocycles. The molecule has 0 heterocycles. The number of thiol groups is 1. The summed E-state index contributed by atoms with van der Waals surface area (Å²) in [5.74, 6) is -1.13. The monoisotopic (exact) mass is 344 g/mol. The summed E-state index contributed by atoms with van der Waals surface area (Å²) in [5.41, 5.74) is -0.675. The van der Waals surface area contributed by atoms with Gasteiger partial charge in [-0.15, -0.1) is 0 Å². The Hall–Kier alpha value is -0.660. The maximum absolute atomic E-state index is 11.8. The summed E-state index contributed by atoms with van der Waals surface area (Å²) in [4.78, 5) is 34.3. The molecule has 0 aromatic carbocycles. The zero-order valence-corrected chi connectivity index (χ0v) is 13.9. The summed E-state index contributed by atoms with van der Waals surface area (Å²) in [6, 6.07) is 0. The van der Waals surface area contributed by atoms with Crippen LogP contribution >= 0.6 is 35.8 Å². The molecule has 0 radical (unpaired) electrons. The Bertz CT molecular complexity index is 372. The highest BCUT2D eigenvalue weighted by molar-refractivity contribution is 7.80.